The number of fused-ring (bicyclic) bond motifs is 1. The summed E-state index contributed by atoms with van der Waals surface area (Å²) in [5.74, 6) is -1.19. The molecule has 1 amide bonds. The Morgan fingerprint density at radius 3 is 2.67 bits per heavy atom. The maximum Gasteiger partial charge on any atom is 0.416 e. The van der Waals surface area contributed by atoms with E-state index in [1.165, 1.54) is 0 Å². The van der Waals surface area contributed by atoms with E-state index in [0.717, 1.165) is 19.2 Å². The maximum absolute atomic E-state index is 12.5. The molecule has 0 saturated heterocycles. The van der Waals surface area contributed by atoms with Crippen LogP contribution in [0.1, 0.15) is 5.56 Å². The molecule has 1 aromatic carbocycles. The average Bonchev–Trinajstić information content (AvgIpc) is 2.32. The summed E-state index contributed by atoms with van der Waals surface area (Å²) in [6.07, 6.45) is -6.01. The van der Waals surface area contributed by atoms with E-state index in [9.17, 15) is 23.2 Å². The lowest BCUT2D eigenvalue weighted by molar-refractivity contribution is -0.153. The number of hydroxylamine groups is 1. The lowest BCUT2D eigenvalue weighted by Gasteiger charge is -2.29. The zero-order valence-corrected chi connectivity index (χ0v) is 9.06. The largest absolute Gasteiger partial charge is 0.453 e. The highest BCUT2D eigenvalue weighted by atomic mass is 19.4. The molecule has 0 aliphatic carbocycles. The van der Waals surface area contributed by atoms with Gasteiger partial charge >= 0.3 is 12.1 Å². The molecule has 18 heavy (non-hydrogen) atoms. The van der Waals surface area contributed by atoms with Crippen molar-refractivity contribution < 1.29 is 32.6 Å². The van der Waals surface area contributed by atoms with Crippen LogP contribution >= 0.6 is 0 Å². The van der Waals surface area contributed by atoms with Gasteiger partial charge in [0.2, 0.25) is 0 Å². The van der Waals surface area contributed by atoms with Crippen LogP contribution in [-0.4, -0.2) is 24.5 Å². The summed E-state index contributed by atoms with van der Waals surface area (Å²) in [7, 11) is 1.13. The minimum absolute atomic E-state index is 0.165. The second-order valence-corrected chi connectivity index (χ2v) is 3.52. The van der Waals surface area contributed by atoms with Gasteiger partial charge in [-0.15, -0.1) is 0 Å². The summed E-state index contributed by atoms with van der Waals surface area (Å²) in [5.41, 5.74) is -1.11. The molecule has 1 heterocycles. The number of amides is 1. The van der Waals surface area contributed by atoms with Crippen LogP contribution in [0.3, 0.4) is 0 Å². The fourth-order valence-corrected chi connectivity index (χ4v) is 1.49. The number of alkyl halides is 3. The maximum atomic E-state index is 12.5. The number of nitrogens with zero attached hydrogens (tertiary/aromatic N) is 1. The third-order valence-corrected chi connectivity index (χ3v) is 2.37. The highest BCUT2D eigenvalue weighted by Crippen LogP contribution is 2.38. The lowest BCUT2D eigenvalue weighted by atomic mass is 10.1. The third kappa shape index (κ3) is 2.00. The molecular formula is C10H8F3NO4. The minimum atomic E-state index is -4.54. The topological polar surface area (TPSA) is 59.0 Å². The van der Waals surface area contributed by atoms with Gasteiger partial charge in [0.15, 0.2) is 0 Å². The number of carbonyl (C=O) groups excluding carboxylic acids is 1. The number of methoxy groups -OCH3 is 1. The molecule has 1 N–H and O–H groups in total. The average molecular weight is 263 g/mol. The quantitative estimate of drug-likeness (QED) is 0.785. The first kappa shape index (κ1) is 12.7. The van der Waals surface area contributed by atoms with E-state index in [4.69, 9.17) is 4.74 Å². The number of ether oxygens (including phenoxy) is 2. The van der Waals surface area contributed by atoms with Gasteiger partial charge in [-0.25, -0.2) is 0 Å². The number of anilines is 1. The number of hydrogen-bond donors (Lipinski definition) is 1. The van der Waals surface area contributed by atoms with Gasteiger partial charge in [0.1, 0.15) is 11.4 Å². The van der Waals surface area contributed by atoms with Gasteiger partial charge in [-0.05, 0) is 18.2 Å². The molecule has 1 aliphatic heterocycles. The molecule has 8 heteroatoms. The summed E-state index contributed by atoms with van der Waals surface area (Å²) in [6, 6.07) is 2.38. The van der Waals surface area contributed by atoms with Crippen molar-refractivity contribution in [2.75, 3.05) is 12.2 Å². The molecule has 0 aromatic heterocycles. The van der Waals surface area contributed by atoms with Crippen molar-refractivity contribution in [1.82, 2.24) is 0 Å². The number of carbonyl (C=O) groups is 1. The molecule has 2 rings (SSSR count). The van der Waals surface area contributed by atoms with Crippen molar-refractivity contribution in [3.8, 4) is 5.75 Å². The number of hydrogen-bond acceptors (Lipinski definition) is 4. The predicted octanol–water partition coefficient (Wildman–Crippen LogP) is 1.79. The standard InChI is InChI=1S/C10H8F3NO4/c1-17-9-8(15)14(16)6-3-2-5(10(11,12)13)4-7(6)18-9/h2-4,9,16H,1H3. The van der Waals surface area contributed by atoms with E-state index in [1.807, 2.05) is 0 Å². The van der Waals surface area contributed by atoms with Crippen molar-refractivity contribution in [2.45, 2.75) is 12.5 Å². The normalized spacial score (nSPS) is 19.5. The van der Waals surface area contributed by atoms with E-state index in [1.54, 1.807) is 0 Å². The first-order valence-electron chi connectivity index (χ1n) is 4.78. The fraction of sp³-hybridized carbons (Fsp3) is 0.300. The molecule has 5 nitrogen and oxygen atoms in total. The molecule has 0 bridgehead atoms. The number of halogens is 3. The number of rotatable bonds is 1. The van der Waals surface area contributed by atoms with Crippen LogP contribution in [0.15, 0.2) is 18.2 Å². The summed E-state index contributed by atoms with van der Waals surface area (Å²) in [5, 5.41) is 9.67. The van der Waals surface area contributed by atoms with Crippen molar-refractivity contribution in [3.63, 3.8) is 0 Å². The van der Waals surface area contributed by atoms with Crippen molar-refractivity contribution >= 4 is 11.6 Å². The molecular weight excluding hydrogens is 255 g/mol. The third-order valence-electron chi connectivity index (χ3n) is 2.37. The van der Waals surface area contributed by atoms with Crippen LogP contribution in [-0.2, 0) is 15.7 Å². The zero-order valence-electron chi connectivity index (χ0n) is 9.06. The molecule has 0 spiro atoms. The minimum Gasteiger partial charge on any atom is -0.453 e. The first-order valence-corrected chi connectivity index (χ1v) is 4.78. The van der Waals surface area contributed by atoms with Crippen LogP contribution in [0.2, 0.25) is 0 Å². The molecule has 0 saturated carbocycles. The van der Waals surface area contributed by atoms with Crippen molar-refractivity contribution in [1.29, 1.82) is 0 Å². The molecule has 1 aromatic rings. The summed E-state index contributed by atoms with van der Waals surface area (Å²) in [6.45, 7) is 0. The Kier molecular flexibility index (Phi) is 2.91. The lowest BCUT2D eigenvalue weighted by Crippen LogP contribution is -2.45. The Morgan fingerprint density at radius 2 is 2.11 bits per heavy atom. The van der Waals surface area contributed by atoms with Crippen molar-refractivity contribution in [3.05, 3.63) is 23.8 Å². The van der Waals surface area contributed by atoms with Crippen LogP contribution in [0.4, 0.5) is 18.9 Å². The smallest absolute Gasteiger partial charge is 0.416 e. The van der Waals surface area contributed by atoms with E-state index < -0.39 is 23.9 Å². The molecule has 98 valence electrons. The first-order chi connectivity index (χ1) is 8.34. The predicted molar refractivity (Wildman–Crippen MR) is 52.1 cm³/mol. The van der Waals surface area contributed by atoms with Gasteiger partial charge in [-0.3, -0.25) is 10.0 Å². The Labute approximate surface area is 99.3 Å². The second-order valence-electron chi connectivity index (χ2n) is 3.52. The van der Waals surface area contributed by atoms with Gasteiger partial charge in [0.05, 0.1) is 5.56 Å². The highest BCUT2D eigenvalue weighted by Gasteiger charge is 2.37. The summed E-state index contributed by atoms with van der Waals surface area (Å²) >= 11 is 0. The van der Waals surface area contributed by atoms with Crippen LogP contribution in [0.25, 0.3) is 0 Å². The van der Waals surface area contributed by atoms with Crippen molar-refractivity contribution in [2.24, 2.45) is 0 Å². The Hall–Kier alpha value is -1.80. The second kappa shape index (κ2) is 4.14. The van der Waals surface area contributed by atoms with Crippen LogP contribution in [0, 0.1) is 0 Å². The summed E-state index contributed by atoms with van der Waals surface area (Å²) in [4.78, 5) is 11.4. The molecule has 1 unspecified atom stereocenters. The van der Waals surface area contributed by atoms with Gasteiger partial charge in [-0.2, -0.15) is 18.2 Å². The van der Waals surface area contributed by atoms with E-state index in [-0.39, 0.29) is 16.5 Å². The Bertz CT molecular complexity index is 489. The summed E-state index contributed by atoms with van der Waals surface area (Å²) < 4.78 is 47.0. The highest BCUT2D eigenvalue weighted by molar-refractivity contribution is 5.97. The van der Waals surface area contributed by atoms with E-state index in [0.29, 0.717) is 6.07 Å². The molecule has 0 radical (unpaired) electrons. The zero-order chi connectivity index (χ0) is 13.5. The monoisotopic (exact) mass is 263 g/mol. The Balaban J connectivity index is 2.45. The van der Waals surface area contributed by atoms with E-state index in [2.05, 4.69) is 4.74 Å². The molecule has 1 aliphatic rings. The number of benzene rings is 1. The van der Waals surface area contributed by atoms with E-state index >= 15 is 0 Å². The van der Waals surface area contributed by atoms with Gasteiger partial charge in [-0.1, -0.05) is 0 Å². The Morgan fingerprint density at radius 1 is 1.44 bits per heavy atom. The molecule has 0 fully saturated rings. The van der Waals surface area contributed by atoms with Gasteiger partial charge in [0.25, 0.3) is 6.29 Å². The van der Waals surface area contributed by atoms with Crippen LogP contribution in [0.5, 0.6) is 5.75 Å². The molecule has 1 atom stereocenters. The fourth-order valence-electron chi connectivity index (χ4n) is 1.49. The SMILES string of the molecule is COC1Oc2cc(C(F)(F)F)ccc2N(O)C1=O. The van der Waals surface area contributed by atoms with Gasteiger partial charge in [0, 0.05) is 7.11 Å². The van der Waals surface area contributed by atoms with Crippen LogP contribution < -0.4 is 9.80 Å². The van der Waals surface area contributed by atoms with Gasteiger partial charge < -0.3 is 9.47 Å².